The van der Waals surface area contributed by atoms with Crippen LogP contribution in [0.5, 0.6) is 0 Å². The Morgan fingerprint density at radius 1 is 1.06 bits per heavy atom. The van der Waals surface area contributed by atoms with Gasteiger partial charge in [-0.15, -0.1) is 0 Å². The predicted molar refractivity (Wildman–Crippen MR) is 72.1 cm³/mol. The summed E-state index contributed by atoms with van der Waals surface area (Å²) >= 11 is 0. The van der Waals surface area contributed by atoms with Crippen molar-refractivity contribution >= 4 is 9.28 Å². The van der Waals surface area contributed by atoms with Crippen LogP contribution in [0.4, 0.5) is 0 Å². The van der Waals surface area contributed by atoms with Gasteiger partial charge in [-0.2, -0.15) is 0 Å². The number of fused-ring (bicyclic) bond motifs is 1. The lowest BCUT2D eigenvalue weighted by Crippen LogP contribution is -2.58. The van der Waals surface area contributed by atoms with Crippen molar-refractivity contribution in [3.8, 4) is 0 Å². The van der Waals surface area contributed by atoms with E-state index in [1.807, 2.05) is 0 Å². The standard InChI is InChI=1S/C13H27NO2Si/c1-9-7-10(2)11-5-6-14-13(12(11)8-9)17(15-3)16-4/h9-14,17H,5-8H2,1-4H3. The molecule has 1 heterocycles. The molecule has 5 unspecified atom stereocenters. The van der Waals surface area contributed by atoms with Gasteiger partial charge in [0, 0.05) is 14.2 Å². The number of hydrogen-bond donors (Lipinski definition) is 1. The van der Waals surface area contributed by atoms with Crippen LogP contribution in [0.15, 0.2) is 0 Å². The van der Waals surface area contributed by atoms with E-state index in [1.54, 1.807) is 14.2 Å². The summed E-state index contributed by atoms with van der Waals surface area (Å²) in [6.45, 7) is 5.97. The summed E-state index contributed by atoms with van der Waals surface area (Å²) in [5, 5.41) is 3.67. The van der Waals surface area contributed by atoms with Crippen LogP contribution in [0, 0.1) is 23.7 Å². The molecular weight excluding hydrogens is 230 g/mol. The molecule has 1 N–H and O–H groups in total. The molecule has 2 aliphatic rings. The summed E-state index contributed by atoms with van der Waals surface area (Å²) in [5.74, 6) is 3.39. The van der Waals surface area contributed by atoms with Gasteiger partial charge in [0.1, 0.15) is 0 Å². The lowest BCUT2D eigenvalue weighted by molar-refractivity contribution is 0.0670. The molecule has 0 aromatic carbocycles. The second-order valence-electron chi connectivity index (χ2n) is 5.99. The van der Waals surface area contributed by atoms with Gasteiger partial charge in [0.25, 0.3) is 0 Å². The first-order valence-electron chi connectivity index (χ1n) is 6.96. The van der Waals surface area contributed by atoms with Gasteiger partial charge in [0.2, 0.25) is 0 Å². The van der Waals surface area contributed by atoms with Gasteiger partial charge in [0.05, 0.1) is 5.67 Å². The van der Waals surface area contributed by atoms with Crippen molar-refractivity contribution in [2.75, 3.05) is 20.8 Å². The minimum atomic E-state index is -1.53. The van der Waals surface area contributed by atoms with Crippen molar-refractivity contribution in [2.45, 2.75) is 38.8 Å². The van der Waals surface area contributed by atoms with Gasteiger partial charge in [-0.05, 0) is 49.5 Å². The molecule has 5 atom stereocenters. The quantitative estimate of drug-likeness (QED) is 0.781. The zero-order chi connectivity index (χ0) is 12.4. The Kier molecular flexibility index (Phi) is 4.63. The molecule has 0 radical (unpaired) electrons. The normalized spacial score (nSPS) is 42.5. The largest absolute Gasteiger partial charge is 0.399 e. The van der Waals surface area contributed by atoms with Crippen molar-refractivity contribution in [3.63, 3.8) is 0 Å². The Balaban J connectivity index is 2.11. The zero-order valence-corrected chi connectivity index (χ0v) is 12.8. The summed E-state index contributed by atoms with van der Waals surface area (Å²) in [7, 11) is 2.08. The van der Waals surface area contributed by atoms with Gasteiger partial charge >= 0.3 is 9.28 Å². The molecule has 2 rings (SSSR count). The molecule has 1 saturated carbocycles. The fourth-order valence-electron chi connectivity index (χ4n) is 4.13. The Morgan fingerprint density at radius 2 is 1.76 bits per heavy atom. The van der Waals surface area contributed by atoms with Crippen LogP contribution in [0.25, 0.3) is 0 Å². The van der Waals surface area contributed by atoms with E-state index >= 15 is 0 Å². The molecule has 1 saturated heterocycles. The maximum Gasteiger partial charge on any atom is 0.338 e. The highest BCUT2D eigenvalue weighted by molar-refractivity contribution is 6.46. The molecule has 0 spiro atoms. The van der Waals surface area contributed by atoms with Crippen LogP contribution in [-0.2, 0) is 8.85 Å². The van der Waals surface area contributed by atoms with E-state index in [4.69, 9.17) is 8.85 Å². The van der Waals surface area contributed by atoms with Crippen molar-refractivity contribution in [3.05, 3.63) is 0 Å². The number of piperidine rings is 1. The molecule has 100 valence electrons. The molecule has 0 amide bonds. The summed E-state index contributed by atoms with van der Waals surface area (Å²) in [6, 6.07) is 0. The lowest BCUT2D eigenvalue weighted by Gasteiger charge is -2.48. The fraction of sp³-hybridized carbons (Fsp3) is 1.00. The molecule has 1 aliphatic carbocycles. The fourth-order valence-corrected chi connectivity index (χ4v) is 6.12. The monoisotopic (exact) mass is 257 g/mol. The van der Waals surface area contributed by atoms with E-state index in [2.05, 4.69) is 19.2 Å². The van der Waals surface area contributed by atoms with E-state index < -0.39 is 9.28 Å². The van der Waals surface area contributed by atoms with Crippen molar-refractivity contribution in [2.24, 2.45) is 23.7 Å². The molecule has 17 heavy (non-hydrogen) atoms. The van der Waals surface area contributed by atoms with E-state index in [9.17, 15) is 0 Å². The third-order valence-corrected chi connectivity index (χ3v) is 7.05. The van der Waals surface area contributed by atoms with Crippen LogP contribution in [0.2, 0.25) is 0 Å². The predicted octanol–water partition coefficient (Wildman–Crippen LogP) is 1.70. The van der Waals surface area contributed by atoms with Crippen molar-refractivity contribution in [1.82, 2.24) is 5.32 Å². The second-order valence-corrected chi connectivity index (χ2v) is 8.39. The average Bonchev–Trinajstić information content (AvgIpc) is 2.31. The summed E-state index contributed by atoms with van der Waals surface area (Å²) in [4.78, 5) is 0. The molecular formula is C13H27NO2Si. The third kappa shape index (κ3) is 2.75. The van der Waals surface area contributed by atoms with Crippen LogP contribution < -0.4 is 5.32 Å². The number of nitrogens with one attached hydrogen (secondary N) is 1. The molecule has 0 bridgehead atoms. The van der Waals surface area contributed by atoms with Crippen molar-refractivity contribution in [1.29, 1.82) is 0 Å². The van der Waals surface area contributed by atoms with E-state index in [0.29, 0.717) is 5.67 Å². The van der Waals surface area contributed by atoms with Crippen LogP contribution in [0.1, 0.15) is 33.1 Å². The highest BCUT2D eigenvalue weighted by Crippen LogP contribution is 2.43. The van der Waals surface area contributed by atoms with Crippen LogP contribution >= 0.6 is 0 Å². The first-order chi connectivity index (χ1) is 8.17. The van der Waals surface area contributed by atoms with Gasteiger partial charge in [-0.1, -0.05) is 13.8 Å². The highest BCUT2D eigenvalue weighted by atomic mass is 28.3. The first kappa shape index (κ1) is 13.5. The molecule has 0 aromatic rings. The molecule has 3 nitrogen and oxygen atoms in total. The molecule has 1 aliphatic heterocycles. The summed E-state index contributed by atoms with van der Waals surface area (Å²) in [5.41, 5.74) is 0.508. The second kappa shape index (κ2) is 5.82. The first-order valence-corrected chi connectivity index (χ1v) is 8.57. The molecule has 0 aromatic heterocycles. The SMILES string of the molecule is CO[SiH](OC)C1NCCC2C(C)CC(C)CC21. The van der Waals surface area contributed by atoms with E-state index in [1.165, 1.54) is 19.3 Å². The van der Waals surface area contributed by atoms with E-state index in [-0.39, 0.29) is 0 Å². The lowest BCUT2D eigenvalue weighted by atomic mass is 9.66. The highest BCUT2D eigenvalue weighted by Gasteiger charge is 2.44. The minimum Gasteiger partial charge on any atom is -0.399 e. The van der Waals surface area contributed by atoms with Gasteiger partial charge in [0.15, 0.2) is 0 Å². The third-order valence-electron chi connectivity index (χ3n) is 4.81. The van der Waals surface area contributed by atoms with Gasteiger partial charge in [-0.3, -0.25) is 0 Å². The Bertz CT molecular complexity index is 248. The summed E-state index contributed by atoms with van der Waals surface area (Å²) in [6.07, 6.45) is 4.09. The summed E-state index contributed by atoms with van der Waals surface area (Å²) < 4.78 is 11.2. The smallest absolute Gasteiger partial charge is 0.338 e. The van der Waals surface area contributed by atoms with Gasteiger partial charge in [-0.25, -0.2) is 0 Å². The maximum absolute atomic E-state index is 5.61. The minimum absolute atomic E-state index is 0.508. The average molecular weight is 257 g/mol. The number of hydrogen-bond acceptors (Lipinski definition) is 3. The zero-order valence-electron chi connectivity index (χ0n) is 11.6. The molecule has 4 heteroatoms. The molecule has 2 fully saturated rings. The van der Waals surface area contributed by atoms with Gasteiger partial charge < -0.3 is 14.2 Å². The van der Waals surface area contributed by atoms with Crippen LogP contribution in [-0.4, -0.2) is 35.7 Å². The van der Waals surface area contributed by atoms with Crippen molar-refractivity contribution < 1.29 is 8.85 Å². The maximum atomic E-state index is 5.61. The topological polar surface area (TPSA) is 30.5 Å². The van der Waals surface area contributed by atoms with E-state index in [0.717, 1.165) is 30.2 Å². The Labute approximate surface area is 107 Å². The Morgan fingerprint density at radius 3 is 2.41 bits per heavy atom. The Hall–Kier alpha value is 0.0969. The van der Waals surface area contributed by atoms with Crippen LogP contribution in [0.3, 0.4) is 0 Å². The number of rotatable bonds is 3.